The fourth-order valence-corrected chi connectivity index (χ4v) is 2.78. The normalized spacial score (nSPS) is 16.7. The molecule has 2 aromatic carbocycles. The van der Waals surface area contributed by atoms with Crippen molar-refractivity contribution in [3.8, 4) is 5.75 Å². The van der Waals surface area contributed by atoms with E-state index in [1.165, 1.54) is 6.07 Å². The molecule has 1 saturated heterocycles. The number of aryl methyl sites for hydroxylation is 1. The van der Waals surface area contributed by atoms with Crippen molar-refractivity contribution in [1.29, 1.82) is 0 Å². The quantitative estimate of drug-likeness (QED) is 0.844. The van der Waals surface area contributed by atoms with Gasteiger partial charge in [-0.1, -0.05) is 17.7 Å². The fraction of sp³-hybridized carbons (Fsp3) is 0.316. The lowest BCUT2D eigenvalue weighted by Crippen LogP contribution is -2.18. The summed E-state index contributed by atoms with van der Waals surface area (Å²) in [5, 5.41) is 3.20. The summed E-state index contributed by atoms with van der Waals surface area (Å²) in [4.78, 5) is 12.4. The van der Waals surface area contributed by atoms with Crippen LogP contribution in [-0.4, -0.2) is 25.2 Å². The Bertz CT molecular complexity index is 775. The zero-order chi connectivity index (χ0) is 17.8. The molecule has 1 aliphatic rings. The number of anilines is 1. The lowest BCUT2D eigenvalue weighted by atomic mass is 10.1. The van der Waals surface area contributed by atoms with Crippen molar-refractivity contribution in [2.75, 3.05) is 18.5 Å². The van der Waals surface area contributed by atoms with Crippen LogP contribution in [-0.2, 0) is 4.74 Å². The van der Waals surface area contributed by atoms with Crippen LogP contribution < -0.4 is 10.1 Å². The molecule has 0 spiro atoms. The molecule has 0 aliphatic carbocycles. The SMILES string of the molecule is Cc1ccc(C(=O)Nc2cc(Cl)ccc2OCC2CCCO2)cc1F. The summed E-state index contributed by atoms with van der Waals surface area (Å²) in [6, 6.07) is 9.34. The predicted molar refractivity (Wildman–Crippen MR) is 95.0 cm³/mol. The zero-order valence-corrected chi connectivity index (χ0v) is 14.6. The zero-order valence-electron chi connectivity index (χ0n) is 13.9. The minimum Gasteiger partial charge on any atom is -0.489 e. The van der Waals surface area contributed by atoms with Crippen LogP contribution >= 0.6 is 11.6 Å². The Labute approximate surface area is 150 Å². The average Bonchev–Trinajstić information content (AvgIpc) is 3.10. The van der Waals surface area contributed by atoms with Crippen molar-refractivity contribution in [2.45, 2.75) is 25.9 Å². The van der Waals surface area contributed by atoms with E-state index >= 15 is 0 Å². The molecule has 132 valence electrons. The van der Waals surface area contributed by atoms with E-state index in [4.69, 9.17) is 21.1 Å². The lowest BCUT2D eigenvalue weighted by molar-refractivity contribution is 0.0682. The summed E-state index contributed by atoms with van der Waals surface area (Å²) >= 11 is 6.03. The van der Waals surface area contributed by atoms with Crippen LogP contribution in [0, 0.1) is 12.7 Å². The van der Waals surface area contributed by atoms with Crippen LogP contribution in [0.2, 0.25) is 5.02 Å². The van der Waals surface area contributed by atoms with E-state index in [1.54, 1.807) is 37.3 Å². The summed E-state index contributed by atoms with van der Waals surface area (Å²) in [6.45, 7) is 2.80. The first-order valence-electron chi connectivity index (χ1n) is 8.14. The van der Waals surface area contributed by atoms with E-state index in [9.17, 15) is 9.18 Å². The molecule has 1 fully saturated rings. The molecule has 1 unspecified atom stereocenters. The molecule has 0 saturated carbocycles. The molecule has 0 bridgehead atoms. The van der Waals surface area contributed by atoms with Gasteiger partial charge < -0.3 is 14.8 Å². The summed E-state index contributed by atoms with van der Waals surface area (Å²) in [6.07, 6.45) is 2.04. The highest BCUT2D eigenvalue weighted by atomic mass is 35.5. The van der Waals surface area contributed by atoms with Crippen LogP contribution in [0.25, 0.3) is 0 Å². The first-order chi connectivity index (χ1) is 12.0. The van der Waals surface area contributed by atoms with Gasteiger partial charge in [0.25, 0.3) is 5.91 Å². The third-order valence-corrected chi connectivity index (χ3v) is 4.31. The van der Waals surface area contributed by atoms with Crippen molar-refractivity contribution < 1.29 is 18.7 Å². The molecule has 2 aromatic rings. The van der Waals surface area contributed by atoms with Crippen LogP contribution in [0.4, 0.5) is 10.1 Å². The molecule has 1 N–H and O–H groups in total. The molecule has 0 aromatic heterocycles. The second-order valence-electron chi connectivity index (χ2n) is 6.00. The molecule has 1 atom stereocenters. The number of carbonyl (C=O) groups excluding carboxylic acids is 1. The predicted octanol–water partition coefficient (Wildman–Crippen LogP) is 4.60. The van der Waals surface area contributed by atoms with Gasteiger partial charge in [0.05, 0.1) is 11.8 Å². The van der Waals surface area contributed by atoms with Gasteiger partial charge in [-0.15, -0.1) is 0 Å². The van der Waals surface area contributed by atoms with Crippen LogP contribution in [0.1, 0.15) is 28.8 Å². The second kappa shape index (κ2) is 7.85. The smallest absolute Gasteiger partial charge is 0.255 e. The number of benzene rings is 2. The van der Waals surface area contributed by atoms with Gasteiger partial charge in [0.1, 0.15) is 18.2 Å². The number of rotatable bonds is 5. The van der Waals surface area contributed by atoms with Gasteiger partial charge >= 0.3 is 0 Å². The Morgan fingerprint density at radius 3 is 2.92 bits per heavy atom. The molecule has 1 amide bonds. The van der Waals surface area contributed by atoms with E-state index in [0.717, 1.165) is 19.4 Å². The summed E-state index contributed by atoms with van der Waals surface area (Å²) in [7, 11) is 0. The molecule has 3 rings (SSSR count). The van der Waals surface area contributed by atoms with Gasteiger partial charge in [-0.3, -0.25) is 4.79 Å². The number of ether oxygens (including phenoxy) is 2. The highest BCUT2D eigenvalue weighted by Crippen LogP contribution is 2.29. The number of hydrogen-bond donors (Lipinski definition) is 1. The summed E-state index contributed by atoms with van der Waals surface area (Å²) in [5.41, 5.74) is 1.16. The molecule has 25 heavy (non-hydrogen) atoms. The number of amides is 1. The number of halogens is 2. The first-order valence-corrected chi connectivity index (χ1v) is 8.52. The maximum atomic E-state index is 13.7. The molecular weight excluding hydrogens is 345 g/mol. The van der Waals surface area contributed by atoms with Crippen molar-refractivity contribution in [1.82, 2.24) is 0 Å². The molecule has 1 aliphatic heterocycles. The van der Waals surface area contributed by atoms with Gasteiger partial charge in [-0.2, -0.15) is 0 Å². The van der Waals surface area contributed by atoms with E-state index in [2.05, 4.69) is 5.32 Å². The monoisotopic (exact) mass is 363 g/mol. The van der Waals surface area contributed by atoms with Gasteiger partial charge in [0.2, 0.25) is 0 Å². The van der Waals surface area contributed by atoms with Gasteiger partial charge in [0, 0.05) is 17.2 Å². The molecular formula is C19H19ClFNO3. The summed E-state index contributed by atoms with van der Waals surface area (Å²) in [5.74, 6) is -0.349. The fourth-order valence-electron chi connectivity index (χ4n) is 2.61. The standard InChI is InChI=1S/C19H19ClFNO3/c1-12-4-5-13(9-16(12)21)19(23)22-17-10-14(20)6-7-18(17)25-11-15-3-2-8-24-15/h4-7,9-10,15H,2-3,8,11H2,1H3,(H,22,23). The second-order valence-corrected chi connectivity index (χ2v) is 6.44. The third-order valence-electron chi connectivity index (χ3n) is 4.07. The molecule has 1 heterocycles. The van der Waals surface area contributed by atoms with E-state index in [1.807, 2.05) is 0 Å². The number of hydrogen-bond acceptors (Lipinski definition) is 3. The van der Waals surface area contributed by atoms with Crippen LogP contribution in [0.3, 0.4) is 0 Å². The Morgan fingerprint density at radius 2 is 2.20 bits per heavy atom. The van der Waals surface area contributed by atoms with Crippen LogP contribution in [0.15, 0.2) is 36.4 Å². The topological polar surface area (TPSA) is 47.6 Å². The molecule has 6 heteroatoms. The maximum absolute atomic E-state index is 13.7. The maximum Gasteiger partial charge on any atom is 0.255 e. The van der Waals surface area contributed by atoms with Crippen molar-refractivity contribution in [3.63, 3.8) is 0 Å². The Hall–Kier alpha value is -2.11. The Morgan fingerprint density at radius 1 is 1.36 bits per heavy atom. The van der Waals surface area contributed by atoms with E-state index in [-0.39, 0.29) is 11.7 Å². The average molecular weight is 364 g/mol. The largest absolute Gasteiger partial charge is 0.489 e. The number of nitrogens with one attached hydrogen (secondary N) is 1. The van der Waals surface area contributed by atoms with Crippen molar-refractivity contribution in [2.24, 2.45) is 0 Å². The Balaban J connectivity index is 1.74. The van der Waals surface area contributed by atoms with E-state index in [0.29, 0.717) is 28.6 Å². The van der Waals surface area contributed by atoms with Gasteiger partial charge in [0.15, 0.2) is 0 Å². The minimum absolute atomic E-state index is 0.0606. The van der Waals surface area contributed by atoms with Crippen molar-refractivity contribution in [3.05, 3.63) is 58.4 Å². The number of carbonyl (C=O) groups is 1. The lowest BCUT2D eigenvalue weighted by Gasteiger charge is -2.15. The van der Waals surface area contributed by atoms with Crippen molar-refractivity contribution >= 4 is 23.2 Å². The highest BCUT2D eigenvalue weighted by molar-refractivity contribution is 6.31. The highest BCUT2D eigenvalue weighted by Gasteiger charge is 2.18. The van der Waals surface area contributed by atoms with Crippen LogP contribution in [0.5, 0.6) is 5.75 Å². The summed E-state index contributed by atoms with van der Waals surface area (Å²) < 4.78 is 25.0. The van der Waals surface area contributed by atoms with Gasteiger partial charge in [-0.05, 0) is 55.7 Å². The third kappa shape index (κ3) is 4.50. The minimum atomic E-state index is -0.428. The first kappa shape index (κ1) is 17.7. The van der Waals surface area contributed by atoms with E-state index < -0.39 is 11.7 Å². The molecule has 4 nitrogen and oxygen atoms in total. The molecule has 0 radical (unpaired) electrons. The Kier molecular flexibility index (Phi) is 5.56. The van der Waals surface area contributed by atoms with Gasteiger partial charge in [-0.25, -0.2) is 4.39 Å².